The van der Waals surface area contributed by atoms with Crippen molar-refractivity contribution in [2.75, 3.05) is 26.2 Å². The number of amides is 2. The standard InChI is InChI=1S/C6H13N3O.2ClH/c7-2-5-9-4-1-3-8-6(9)10;;/h1-5,7H2,(H,8,10);2*1H. The molecule has 1 fully saturated rings. The summed E-state index contributed by atoms with van der Waals surface area (Å²) in [6, 6.07) is 0.0247. The Balaban J connectivity index is 0. The van der Waals surface area contributed by atoms with Gasteiger partial charge in [0.05, 0.1) is 0 Å². The van der Waals surface area contributed by atoms with Crippen molar-refractivity contribution < 1.29 is 4.79 Å². The highest BCUT2D eigenvalue weighted by molar-refractivity contribution is 5.85. The summed E-state index contributed by atoms with van der Waals surface area (Å²) >= 11 is 0. The largest absolute Gasteiger partial charge is 0.338 e. The van der Waals surface area contributed by atoms with Gasteiger partial charge in [-0.05, 0) is 6.42 Å². The van der Waals surface area contributed by atoms with Gasteiger partial charge in [-0.2, -0.15) is 0 Å². The first-order valence-electron chi connectivity index (χ1n) is 3.57. The maximum Gasteiger partial charge on any atom is 0.317 e. The third kappa shape index (κ3) is 3.99. The number of hydrogen-bond acceptors (Lipinski definition) is 2. The molecule has 0 radical (unpaired) electrons. The van der Waals surface area contributed by atoms with Crippen LogP contribution in [0, 0.1) is 0 Å². The van der Waals surface area contributed by atoms with E-state index < -0.39 is 0 Å². The smallest absolute Gasteiger partial charge is 0.317 e. The lowest BCUT2D eigenvalue weighted by molar-refractivity contribution is 0.188. The number of halogens is 2. The molecule has 2 amide bonds. The molecule has 0 unspecified atom stereocenters. The Hall–Kier alpha value is -0.190. The lowest BCUT2D eigenvalue weighted by Gasteiger charge is -2.26. The van der Waals surface area contributed by atoms with Crippen molar-refractivity contribution in [2.45, 2.75) is 6.42 Å². The van der Waals surface area contributed by atoms with Crippen molar-refractivity contribution in [1.82, 2.24) is 10.2 Å². The van der Waals surface area contributed by atoms with Gasteiger partial charge in [0.25, 0.3) is 0 Å². The third-order valence-corrected chi connectivity index (χ3v) is 1.57. The Morgan fingerprint density at radius 1 is 1.50 bits per heavy atom. The third-order valence-electron chi connectivity index (χ3n) is 1.57. The van der Waals surface area contributed by atoms with Crippen molar-refractivity contribution in [1.29, 1.82) is 0 Å². The number of nitrogens with zero attached hydrogens (tertiary/aromatic N) is 1. The van der Waals surface area contributed by atoms with E-state index >= 15 is 0 Å². The summed E-state index contributed by atoms with van der Waals surface area (Å²) in [5, 5.41) is 2.75. The predicted octanol–water partition coefficient (Wildman–Crippen LogP) is 0.204. The molecule has 0 aromatic carbocycles. The van der Waals surface area contributed by atoms with E-state index in [1.165, 1.54) is 0 Å². The van der Waals surface area contributed by atoms with Gasteiger partial charge in [0.2, 0.25) is 0 Å². The molecule has 0 saturated carbocycles. The van der Waals surface area contributed by atoms with Crippen LogP contribution in [0.5, 0.6) is 0 Å². The molecule has 12 heavy (non-hydrogen) atoms. The molecule has 0 bridgehead atoms. The fourth-order valence-electron chi connectivity index (χ4n) is 1.05. The van der Waals surface area contributed by atoms with Crippen LogP contribution in [-0.4, -0.2) is 37.1 Å². The molecular formula is C6H15Cl2N3O. The normalized spacial score (nSPS) is 15.8. The summed E-state index contributed by atoms with van der Waals surface area (Å²) in [5.74, 6) is 0. The van der Waals surface area contributed by atoms with Crippen LogP contribution in [0.2, 0.25) is 0 Å². The van der Waals surface area contributed by atoms with Crippen LogP contribution in [-0.2, 0) is 0 Å². The topological polar surface area (TPSA) is 58.4 Å². The average molecular weight is 216 g/mol. The molecular weight excluding hydrogens is 201 g/mol. The summed E-state index contributed by atoms with van der Waals surface area (Å²) in [4.78, 5) is 12.7. The molecule has 6 heteroatoms. The first kappa shape index (κ1) is 14.3. The van der Waals surface area contributed by atoms with Gasteiger partial charge in [0.15, 0.2) is 0 Å². The predicted molar refractivity (Wildman–Crippen MR) is 53.1 cm³/mol. The molecule has 1 aliphatic heterocycles. The molecule has 1 heterocycles. The highest BCUT2D eigenvalue weighted by Gasteiger charge is 2.15. The molecule has 0 aliphatic carbocycles. The molecule has 4 nitrogen and oxygen atoms in total. The van der Waals surface area contributed by atoms with Crippen LogP contribution in [0.15, 0.2) is 0 Å². The van der Waals surface area contributed by atoms with Crippen molar-refractivity contribution in [2.24, 2.45) is 5.73 Å². The molecule has 0 aromatic heterocycles. The van der Waals surface area contributed by atoms with E-state index in [0.717, 1.165) is 19.5 Å². The zero-order chi connectivity index (χ0) is 7.40. The molecule has 74 valence electrons. The number of carbonyl (C=O) groups is 1. The molecule has 1 rings (SSSR count). The second-order valence-electron chi connectivity index (χ2n) is 2.36. The zero-order valence-electron chi connectivity index (χ0n) is 6.78. The van der Waals surface area contributed by atoms with Gasteiger partial charge in [0, 0.05) is 26.2 Å². The van der Waals surface area contributed by atoms with E-state index in [-0.39, 0.29) is 30.8 Å². The van der Waals surface area contributed by atoms with Gasteiger partial charge < -0.3 is 16.0 Å². The molecule has 1 saturated heterocycles. The van der Waals surface area contributed by atoms with Crippen LogP contribution < -0.4 is 11.1 Å². The van der Waals surface area contributed by atoms with Gasteiger partial charge in [-0.1, -0.05) is 0 Å². The summed E-state index contributed by atoms with van der Waals surface area (Å²) in [6.45, 7) is 2.88. The molecule has 0 atom stereocenters. The van der Waals surface area contributed by atoms with Gasteiger partial charge in [-0.25, -0.2) is 4.79 Å². The van der Waals surface area contributed by atoms with Crippen LogP contribution >= 0.6 is 24.8 Å². The number of urea groups is 1. The van der Waals surface area contributed by atoms with E-state index in [9.17, 15) is 4.79 Å². The second kappa shape index (κ2) is 7.46. The van der Waals surface area contributed by atoms with Crippen LogP contribution in [0.25, 0.3) is 0 Å². The van der Waals surface area contributed by atoms with Crippen LogP contribution in [0.3, 0.4) is 0 Å². The minimum atomic E-state index is 0. The van der Waals surface area contributed by atoms with Crippen LogP contribution in [0.4, 0.5) is 4.79 Å². The number of rotatable bonds is 2. The molecule has 1 aliphatic rings. The van der Waals surface area contributed by atoms with E-state index in [4.69, 9.17) is 5.73 Å². The van der Waals surface area contributed by atoms with Crippen molar-refractivity contribution >= 4 is 30.8 Å². The van der Waals surface area contributed by atoms with E-state index in [0.29, 0.717) is 13.1 Å². The quantitative estimate of drug-likeness (QED) is 0.692. The molecule has 0 spiro atoms. The number of hydrogen-bond donors (Lipinski definition) is 2. The zero-order valence-corrected chi connectivity index (χ0v) is 8.42. The first-order valence-corrected chi connectivity index (χ1v) is 3.57. The lowest BCUT2D eigenvalue weighted by Crippen LogP contribution is -2.48. The number of nitrogens with one attached hydrogen (secondary N) is 1. The summed E-state index contributed by atoms with van der Waals surface area (Å²) < 4.78 is 0. The lowest BCUT2D eigenvalue weighted by atomic mass is 10.3. The number of carbonyl (C=O) groups excluding carboxylic acids is 1. The first-order chi connectivity index (χ1) is 4.84. The second-order valence-corrected chi connectivity index (χ2v) is 2.36. The van der Waals surface area contributed by atoms with E-state index in [2.05, 4.69) is 5.32 Å². The van der Waals surface area contributed by atoms with E-state index in [1.807, 2.05) is 0 Å². The summed E-state index contributed by atoms with van der Waals surface area (Å²) in [5.41, 5.74) is 5.30. The maximum atomic E-state index is 10.9. The fraction of sp³-hybridized carbons (Fsp3) is 0.833. The number of nitrogens with two attached hydrogens (primary N) is 1. The maximum absolute atomic E-state index is 10.9. The fourth-order valence-corrected chi connectivity index (χ4v) is 1.05. The van der Waals surface area contributed by atoms with Crippen molar-refractivity contribution in [3.63, 3.8) is 0 Å². The van der Waals surface area contributed by atoms with E-state index in [1.54, 1.807) is 4.90 Å². The Kier molecular flexibility index (Phi) is 8.91. The molecule has 0 aromatic rings. The summed E-state index contributed by atoms with van der Waals surface area (Å²) in [6.07, 6.45) is 1.03. The van der Waals surface area contributed by atoms with Crippen LogP contribution in [0.1, 0.15) is 6.42 Å². The van der Waals surface area contributed by atoms with Gasteiger partial charge >= 0.3 is 6.03 Å². The Morgan fingerprint density at radius 3 is 2.67 bits per heavy atom. The Labute approximate surface area is 84.7 Å². The minimum Gasteiger partial charge on any atom is -0.338 e. The van der Waals surface area contributed by atoms with Crippen molar-refractivity contribution in [3.05, 3.63) is 0 Å². The SMILES string of the molecule is Cl.Cl.NCCN1CCCNC1=O. The van der Waals surface area contributed by atoms with Gasteiger partial charge in [-0.15, -0.1) is 24.8 Å². The average Bonchev–Trinajstić information content (AvgIpc) is 1.94. The summed E-state index contributed by atoms with van der Waals surface area (Å²) in [7, 11) is 0. The Morgan fingerprint density at radius 2 is 2.17 bits per heavy atom. The highest BCUT2D eigenvalue weighted by atomic mass is 35.5. The minimum absolute atomic E-state index is 0. The van der Waals surface area contributed by atoms with Gasteiger partial charge in [0.1, 0.15) is 0 Å². The monoisotopic (exact) mass is 215 g/mol. The highest BCUT2D eigenvalue weighted by Crippen LogP contribution is 1.96. The Bertz CT molecular complexity index is 132. The van der Waals surface area contributed by atoms with Gasteiger partial charge in [-0.3, -0.25) is 0 Å². The molecule has 3 N–H and O–H groups in total. The van der Waals surface area contributed by atoms with Crippen molar-refractivity contribution in [3.8, 4) is 0 Å².